The van der Waals surface area contributed by atoms with Crippen LogP contribution in [-0.4, -0.2) is 36.7 Å². The highest BCUT2D eigenvalue weighted by atomic mass is 16.5. The van der Waals surface area contributed by atoms with E-state index in [0.29, 0.717) is 6.04 Å². The molecule has 1 aromatic rings. The summed E-state index contributed by atoms with van der Waals surface area (Å²) in [7, 11) is 1.78. The quantitative estimate of drug-likeness (QED) is 0.740. The Labute approximate surface area is 130 Å². The summed E-state index contributed by atoms with van der Waals surface area (Å²) < 4.78 is 5.50. The van der Waals surface area contributed by atoms with Gasteiger partial charge in [0.25, 0.3) is 0 Å². The van der Waals surface area contributed by atoms with Crippen molar-refractivity contribution in [3.8, 4) is 0 Å². The van der Waals surface area contributed by atoms with Crippen molar-refractivity contribution in [3.05, 3.63) is 29.8 Å². The number of anilines is 1. The molecule has 1 atom stereocenters. The molecule has 0 saturated carbocycles. The smallest absolute Gasteiger partial charge is 0.0642 e. The third-order valence-electron chi connectivity index (χ3n) is 3.99. The van der Waals surface area contributed by atoms with E-state index in [-0.39, 0.29) is 5.60 Å². The van der Waals surface area contributed by atoms with E-state index in [9.17, 15) is 0 Å². The average Bonchev–Trinajstić information content (AvgIpc) is 2.44. The van der Waals surface area contributed by atoms with Crippen molar-refractivity contribution in [2.75, 3.05) is 25.5 Å². The molecule has 0 aliphatic heterocycles. The lowest BCUT2D eigenvalue weighted by Crippen LogP contribution is -2.31. The highest BCUT2D eigenvalue weighted by molar-refractivity contribution is 5.46. The molecule has 21 heavy (non-hydrogen) atoms. The predicted octanol–water partition coefficient (Wildman–Crippen LogP) is 4.14. The Morgan fingerprint density at radius 3 is 2.48 bits per heavy atom. The number of nitrogens with zero attached hydrogens (tertiary/aromatic N) is 1. The van der Waals surface area contributed by atoms with Gasteiger partial charge < -0.3 is 10.1 Å². The van der Waals surface area contributed by atoms with Crippen molar-refractivity contribution in [2.24, 2.45) is 0 Å². The Bertz CT molecular complexity index is 413. The van der Waals surface area contributed by atoms with E-state index in [1.807, 2.05) is 0 Å². The van der Waals surface area contributed by atoms with Crippen LogP contribution in [0.2, 0.25) is 0 Å². The molecule has 0 heterocycles. The van der Waals surface area contributed by atoms with Crippen LogP contribution < -0.4 is 5.32 Å². The zero-order valence-corrected chi connectivity index (χ0v) is 14.6. The van der Waals surface area contributed by atoms with Crippen molar-refractivity contribution >= 4 is 5.69 Å². The van der Waals surface area contributed by atoms with E-state index in [2.05, 4.69) is 69.1 Å². The van der Waals surface area contributed by atoms with Crippen molar-refractivity contribution in [3.63, 3.8) is 0 Å². The van der Waals surface area contributed by atoms with Crippen LogP contribution in [0.15, 0.2) is 24.3 Å². The van der Waals surface area contributed by atoms with Gasteiger partial charge in [-0.3, -0.25) is 4.90 Å². The van der Waals surface area contributed by atoms with Gasteiger partial charge in [-0.05, 0) is 58.0 Å². The third-order valence-corrected chi connectivity index (χ3v) is 3.99. The molecular formula is C18H32N2O. The largest absolute Gasteiger partial charge is 0.382 e. The number of ether oxygens (including phenoxy) is 1. The molecule has 0 aliphatic carbocycles. The van der Waals surface area contributed by atoms with Gasteiger partial charge in [-0.2, -0.15) is 0 Å². The van der Waals surface area contributed by atoms with Crippen molar-refractivity contribution in [1.82, 2.24) is 4.90 Å². The number of methoxy groups -OCH3 is 1. The van der Waals surface area contributed by atoms with E-state index >= 15 is 0 Å². The van der Waals surface area contributed by atoms with Gasteiger partial charge >= 0.3 is 0 Å². The lowest BCUT2D eigenvalue weighted by atomic mass is 9.99. The minimum absolute atomic E-state index is 0.0920. The minimum atomic E-state index is -0.0920. The second-order valence-electron chi connectivity index (χ2n) is 6.38. The number of rotatable bonds is 9. The first-order valence-corrected chi connectivity index (χ1v) is 8.03. The second kappa shape index (κ2) is 8.40. The van der Waals surface area contributed by atoms with Crippen molar-refractivity contribution in [1.29, 1.82) is 0 Å². The van der Waals surface area contributed by atoms with Crippen LogP contribution in [0, 0.1) is 0 Å². The monoisotopic (exact) mass is 292 g/mol. The highest BCUT2D eigenvalue weighted by Crippen LogP contribution is 2.19. The summed E-state index contributed by atoms with van der Waals surface area (Å²) in [4.78, 5) is 2.43. The maximum Gasteiger partial charge on any atom is 0.0642 e. The number of hydrogen-bond donors (Lipinski definition) is 1. The van der Waals surface area contributed by atoms with E-state index in [1.165, 1.54) is 11.3 Å². The number of nitrogens with one attached hydrogen (secondary N) is 1. The first kappa shape index (κ1) is 18.0. The first-order valence-electron chi connectivity index (χ1n) is 8.03. The Hall–Kier alpha value is -1.06. The van der Waals surface area contributed by atoms with Gasteiger partial charge in [-0.1, -0.05) is 26.0 Å². The molecule has 0 radical (unpaired) electrons. The fourth-order valence-electron chi connectivity index (χ4n) is 2.62. The molecule has 3 heteroatoms. The number of benzene rings is 1. The molecule has 1 aromatic carbocycles. The zero-order chi connectivity index (χ0) is 15.9. The molecule has 1 N–H and O–H groups in total. The molecule has 0 fully saturated rings. The van der Waals surface area contributed by atoms with E-state index in [1.54, 1.807) is 7.11 Å². The van der Waals surface area contributed by atoms with E-state index in [4.69, 9.17) is 4.74 Å². The molecule has 0 aromatic heterocycles. The Morgan fingerprint density at radius 2 is 1.90 bits per heavy atom. The van der Waals surface area contributed by atoms with Crippen LogP contribution in [0.5, 0.6) is 0 Å². The molecule has 0 amide bonds. The Morgan fingerprint density at radius 1 is 1.24 bits per heavy atom. The maximum absolute atomic E-state index is 5.50. The summed E-state index contributed by atoms with van der Waals surface area (Å²) >= 11 is 0. The Balaban J connectivity index is 2.64. The number of hydrogen-bond acceptors (Lipinski definition) is 3. The van der Waals surface area contributed by atoms with Gasteiger partial charge in [0.15, 0.2) is 0 Å². The normalized spacial score (nSPS) is 13.5. The highest BCUT2D eigenvalue weighted by Gasteiger charge is 2.20. The van der Waals surface area contributed by atoms with Crippen LogP contribution in [0.1, 0.15) is 46.6 Å². The zero-order valence-electron chi connectivity index (χ0n) is 14.6. The summed E-state index contributed by atoms with van der Waals surface area (Å²) in [5.74, 6) is 0. The summed E-state index contributed by atoms with van der Waals surface area (Å²) in [5, 5.41) is 3.58. The third kappa shape index (κ3) is 6.49. The first-order chi connectivity index (χ1) is 9.90. The molecule has 1 unspecified atom stereocenters. The molecule has 120 valence electrons. The average molecular weight is 292 g/mol. The fraction of sp³-hybridized carbons (Fsp3) is 0.667. The molecular weight excluding hydrogens is 260 g/mol. The SMILES string of the molecule is CCN(CC)Cc1cccc(NC(C)CC(C)(C)OC)c1. The fourth-order valence-corrected chi connectivity index (χ4v) is 2.62. The van der Waals surface area contributed by atoms with Crippen LogP contribution in [0.25, 0.3) is 0 Å². The van der Waals surface area contributed by atoms with Crippen LogP contribution in [0.4, 0.5) is 5.69 Å². The predicted molar refractivity (Wildman–Crippen MR) is 91.9 cm³/mol. The van der Waals surface area contributed by atoms with Crippen molar-refractivity contribution in [2.45, 2.75) is 59.2 Å². The molecule has 0 spiro atoms. The summed E-state index contributed by atoms with van der Waals surface area (Å²) in [5.41, 5.74) is 2.46. The minimum Gasteiger partial charge on any atom is -0.382 e. The topological polar surface area (TPSA) is 24.5 Å². The van der Waals surface area contributed by atoms with Gasteiger partial charge in [0.2, 0.25) is 0 Å². The van der Waals surface area contributed by atoms with Gasteiger partial charge in [-0.15, -0.1) is 0 Å². The molecule has 0 aliphatic rings. The molecule has 0 bridgehead atoms. The lowest BCUT2D eigenvalue weighted by Gasteiger charge is -2.27. The summed E-state index contributed by atoms with van der Waals surface area (Å²) in [6, 6.07) is 9.11. The van der Waals surface area contributed by atoms with Gasteiger partial charge in [0.05, 0.1) is 5.60 Å². The van der Waals surface area contributed by atoms with E-state index < -0.39 is 0 Å². The maximum atomic E-state index is 5.50. The van der Waals surface area contributed by atoms with Crippen molar-refractivity contribution < 1.29 is 4.74 Å². The summed E-state index contributed by atoms with van der Waals surface area (Å²) in [6.07, 6.45) is 0.976. The van der Waals surface area contributed by atoms with E-state index in [0.717, 1.165) is 26.1 Å². The lowest BCUT2D eigenvalue weighted by molar-refractivity contribution is 0.0128. The second-order valence-corrected chi connectivity index (χ2v) is 6.38. The summed E-state index contributed by atoms with van der Waals surface area (Å²) in [6.45, 7) is 14.1. The van der Waals surface area contributed by atoms with Crippen LogP contribution >= 0.6 is 0 Å². The standard InChI is InChI=1S/C18H32N2O/c1-7-20(8-2)14-16-10-9-11-17(12-16)19-15(3)13-18(4,5)21-6/h9-12,15,19H,7-8,13-14H2,1-6H3. The van der Waals surface area contributed by atoms with Gasteiger partial charge in [-0.25, -0.2) is 0 Å². The molecule has 0 saturated heterocycles. The Kier molecular flexibility index (Phi) is 7.20. The molecule has 3 nitrogen and oxygen atoms in total. The van der Waals surface area contributed by atoms with Crippen LogP contribution in [0.3, 0.4) is 0 Å². The molecule has 1 rings (SSSR count). The van der Waals surface area contributed by atoms with Gasteiger partial charge in [0.1, 0.15) is 0 Å². The van der Waals surface area contributed by atoms with Crippen LogP contribution in [-0.2, 0) is 11.3 Å². The van der Waals surface area contributed by atoms with Gasteiger partial charge in [0, 0.05) is 25.4 Å².